The van der Waals surface area contributed by atoms with Gasteiger partial charge in [-0.25, -0.2) is 0 Å². The van der Waals surface area contributed by atoms with Gasteiger partial charge in [-0.05, 0) is 19.4 Å². The zero-order chi connectivity index (χ0) is 9.90. The lowest BCUT2D eigenvalue weighted by atomic mass is 9.89. The smallest absolute Gasteiger partial charge is 0.0898 e. The molecule has 68 valence electrons. The summed E-state index contributed by atoms with van der Waals surface area (Å²) in [6.45, 7) is 3.71. The molecule has 0 aromatic heterocycles. The third kappa shape index (κ3) is 2.47. The minimum absolute atomic E-state index is 0.254. The van der Waals surface area contributed by atoms with Crippen molar-refractivity contribution in [1.82, 2.24) is 0 Å². The van der Waals surface area contributed by atoms with Crippen LogP contribution in [0.1, 0.15) is 25.3 Å². The first-order valence-corrected chi connectivity index (χ1v) is 4.57. The molecule has 1 aromatic carbocycles. The maximum atomic E-state index is 8.98. The van der Waals surface area contributed by atoms with Crippen LogP contribution in [-0.4, -0.2) is 4.87 Å². The molecule has 0 radical (unpaired) electrons. The third-order valence-electron chi connectivity index (χ3n) is 1.95. The Hall–Kier alpha value is -1.00. The van der Waals surface area contributed by atoms with E-state index in [2.05, 4.69) is 6.07 Å². The van der Waals surface area contributed by atoms with E-state index < -0.39 is 4.87 Å². The lowest BCUT2D eigenvalue weighted by molar-refractivity contribution is 0.630. The van der Waals surface area contributed by atoms with E-state index in [0.29, 0.717) is 0 Å². The Labute approximate surface area is 84.0 Å². The number of hydrogen-bond acceptors (Lipinski definition) is 1. The van der Waals surface area contributed by atoms with Gasteiger partial charge in [0.05, 0.1) is 16.9 Å². The molecule has 0 saturated heterocycles. The van der Waals surface area contributed by atoms with Crippen molar-refractivity contribution in [2.75, 3.05) is 0 Å². The van der Waals surface area contributed by atoms with Gasteiger partial charge in [-0.2, -0.15) is 5.26 Å². The Balaban J connectivity index is 3.01. The van der Waals surface area contributed by atoms with E-state index >= 15 is 0 Å². The maximum Gasteiger partial charge on any atom is 0.0898 e. The zero-order valence-corrected chi connectivity index (χ0v) is 8.55. The van der Waals surface area contributed by atoms with E-state index in [1.54, 1.807) is 0 Å². The lowest BCUT2D eigenvalue weighted by Gasteiger charge is -2.22. The second kappa shape index (κ2) is 3.81. The summed E-state index contributed by atoms with van der Waals surface area (Å²) in [7, 11) is 0. The van der Waals surface area contributed by atoms with E-state index in [9.17, 15) is 0 Å². The van der Waals surface area contributed by atoms with Crippen molar-refractivity contribution >= 4 is 11.6 Å². The van der Waals surface area contributed by atoms with Gasteiger partial charge < -0.3 is 0 Å². The highest BCUT2D eigenvalue weighted by Crippen LogP contribution is 2.32. The van der Waals surface area contributed by atoms with Crippen molar-refractivity contribution in [1.29, 1.82) is 5.26 Å². The average molecular weight is 194 g/mol. The van der Waals surface area contributed by atoms with Crippen LogP contribution in [0.2, 0.25) is 0 Å². The maximum absolute atomic E-state index is 8.98. The first-order valence-electron chi connectivity index (χ1n) is 4.19. The molecule has 1 atom stereocenters. The first kappa shape index (κ1) is 10.1. The molecule has 1 unspecified atom stereocenters. The van der Waals surface area contributed by atoms with Crippen LogP contribution in [0.5, 0.6) is 0 Å². The summed E-state index contributed by atoms with van der Waals surface area (Å²) >= 11 is 6.11. The summed E-state index contributed by atoms with van der Waals surface area (Å²) in [5.74, 6) is -0.254. The Kier molecular flexibility index (Phi) is 2.95. The van der Waals surface area contributed by atoms with Crippen LogP contribution in [0.25, 0.3) is 0 Å². The number of nitriles is 1. The molecular formula is C11H12ClN. The molecule has 13 heavy (non-hydrogen) atoms. The van der Waals surface area contributed by atoms with Gasteiger partial charge in [-0.3, -0.25) is 0 Å². The Bertz CT molecular complexity index is 305. The minimum Gasteiger partial charge on any atom is -0.198 e. The van der Waals surface area contributed by atoms with Crippen LogP contribution in [0, 0.1) is 11.3 Å². The molecule has 0 heterocycles. The van der Waals surface area contributed by atoms with Gasteiger partial charge in [-0.1, -0.05) is 30.3 Å². The lowest BCUT2D eigenvalue weighted by Crippen LogP contribution is -2.20. The van der Waals surface area contributed by atoms with E-state index in [1.807, 2.05) is 44.2 Å². The molecule has 0 amide bonds. The highest BCUT2D eigenvalue weighted by atomic mass is 35.5. The van der Waals surface area contributed by atoms with Gasteiger partial charge in [0.15, 0.2) is 0 Å². The Morgan fingerprint density at radius 2 is 1.85 bits per heavy atom. The predicted octanol–water partition coefficient (Wildman–Crippen LogP) is 3.31. The normalized spacial score (nSPS) is 13.4. The summed E-state index contributed by atoms with van der Waals surface area (Å²) in [5.41, 5.74) is 0.977. The van der Waals surface area contributed by atoms with Crippen LogP contribution < -0.4 is 0 Å². The Morgan fingerprint density at radius 3 is 2.23 bits per heavy atom. The van der Waals surface area contributed by atoms with Gasteiger partial charge >= 0.3 is 0 Å². The van der Waals surface area contributed by atoms with Crippen LogP contribution in [-0.2, 0) is 0 Å². The highest BCUT2D eigenvalue weighted by Gasteiger charge is 2.28. The van der Waals surface area contributed by atoms with Gasteiger partial charge in [0, 0.05) is 0 Å². The summed E-state index contributed by atoms with van der Waals surface area (Å²) in [4.78, 5) is -0.518. The summed E-state index contributed by atoms with van der Waals surface area (Å²) in [5, 5.41) is 8.98. The van der Waals surface area contributed by atoms with Crippen molar-refractivity contribution < 1.29 is 0 Å². The molecule has 1 aromatic rings. The molecule has 0 N–H and O–H groups in total. The topological polar surface area (TPSA) is 23.8 Å². The molecule has 0 fully saturated rings. The van der Waals surface area contributed by atoms with Crippen molar-refractivity contribution in [3.8, 4) is 6.07 Å². The molecule has 2 heteroatoms. The van der Waals surface area contributed by atoms with Crippen molar-refractivity contribution in [3.05, 3.63) is 35.9 Å². The van der Waals surface area contributed by atoms with E-state index in [0.717, 1.165) is 5.56 Å². The monoisotopic (exact) mass is 193 g/mol. The number of alkyl halides is 1. The highest BCUT2D eigenvalue weighted by molar-refractivity contribution is 6.24. The Morgan fingerprint density at radius 1 is 1.31 bits per heavy atom. The summed E-state index contributed by atoms with van der Waals surface area (Å²) < 4.78 is 0. The fourth-order valence-electron chi connectivity index (χ4n) is 1.27. The van der Waals surface area contributed by atoms with Crippen molar-refractivity contribution in [2.24, 2.45) is 0 Å². The zero-order valence-electron chi connectivity index (χ0n) is 7.79. The molecule has 1 rings (SSSR count). The van der Waals surface area contributed by atoms with Crippen LogP contribution in [0.4, 0.5) is 0 Å². The van der Waals surface area contributed by atoms with Crippen molar-refractivity contribution in [3.63, 3.8) is 0 Å². The second-order valence-electron chi connectivity index (χ2n) is 3.54. The molecule has 0 aliphatic carbocycles. The van der Waals surface area contributed by atoms with Crippen LogP contribution in [0.15, 0.2) is 30.3 Å². The van der Waals surface area contributed by atoms with Gasteiger partial charge in [0.1, 0.15) is 0 Å². The summed E-state index contributed by atoms with van der Waals surface area (Å²) in [6.07, 6.45) is 0. The van der Waals surface area contributed by atoms with Gasteiger partial charge in [0.2, 0.25) is 0 Å². The largest absolute Gasteiger partial charge is 0.198 e. The van der Waals surface area contributed by atoms with E-state index in [1.165, 1.54) is 0 Å². The number of nitrogens with zero attached hydrogens (tertiary/aromatic N) is 1. The number of benzene rings is 1. The number of halogens is 1. The summed E-state index contributed by atoms with van der Waals surface area (Å²) in [6, 6.07) is 11.9. The number of hydrogen-bond donors (Lipinski definition) is 0. The minimum atomic E-state index is -0.518. The molecule has 0 aliphatic rings. The molecular weight excluding hydrogens is 182 g/mol. The van der Waals surface area contributed by atoms with Crippen LogP contribution >= 0.6 is 11.6 Å². The third-order valence-corrected chi connectivity index (χ3v) is 2.17. The fraction of sp³-hybridized carbons (Fsp3) is 0.364. The van der Waals surface area contributed by atoms with Crippen LogP contribution in [0.3, 0.4) is 0 Å². The SMILES string of the molecule is CC(C)(Cl)C(C#N)c1ccccc1. The molecule has 0 bridgehead atoms. The number of rotatable bonds is 2. The van der Waals surface area contributed by atoms with Gasteiger partial charge in [0.25, 0.3) is 0 Å². The molecule has 0 spiro atoms. The quantitative estimate of drug-likeness (QED) is 0.662. The predicted molar refractivity (Wildman–Crippen MR) is 54.7 cm³/mol. The molecule has 1 nitrogen and oxygen atoms in total. The average Bonchev–Trinajstić information content (AvgIpc) is 2.05. The molecule has 0 saturated carbocycles. The van der Waals surface area contributed by atoms with Crippen molar-refractivity contribution in [2.45, 2.75) is 24.6 Å². The molecule has 0 aliphatic heterocycles. The second-order valence-corrected chi connectivity index (χ2v) is 4.51. The fourth-order valence-corrected chi connectivity index (χ4v) is 1.44. The van der Waals surface area contributed by atoms with E-state index in [4.69, 9.17) is 16.9 Å². The van der Waals surface area contributed by atoms with E-state index in [-0.39, 0.29) is 5.92 Å². The standard InChI is InChI=1S/C11H12ClN/c1-11(2,12)10(8-13)9-6-4-3-5-7-9/h3-7,10H,1-2H3. The van der Waals surface area contributed by atoms with Gasteiger partial charge in [-0.15, -0.1) is 11.6 Å². The first-order chi connectivity index (χ1) is 6.05.